The first kappa shape index (κ1) is 22.9. The maximum atomic E-state index is 13.3. The van der Waals surface area contributed by atoms with Gasteiger partial charge in [-0.3, -0.25) is 14.7 Å². The first-order valence-electron chi connectivity index (χ1n) is 11.3. The van der Waals surface area contributed by atoms with Crippen molar-refractivity contribution in [3.63, 3.8) is 0 Å². The number of aliphatic hydroxyl groups excluding tert-OH is 1. The minimum absolute atomic E-state index is 0.0366. The quantitative estimate of drug-likeness (QED) is 0.368. The summed E-state index contributed by atoms with van der Waals surface area (Å²) in [7, 11) is 0. The third kappa shape index (κ3) is 5.93. The number of benzene rings is 3. The van der Waals surface area contributed by atoms with Crippen molar-refractivity contribution in [2.24, 2.45) is 4.99 Å². The zero-order valence-electron chi connectivity index (χ0n) is 18.5. The van der Waals surface area contributed by atoms with Crippen LogP contribution in [0.3, 0.4) is 0 Å². The number of nitrogens with zero attached hydrogens (tertiary/aromatic N) is 2. The van der Waals surface area contributed by atoms with Gasteiger partial charge in [-0.05, 0) is 31.0 Å². The first-order valence-corrected chi connectivity index (χ1v) is 11.3. The zero-order chi connectivity index (χ0) is 23.0. The minimum atomic E-state index is -1.55. The van der Waals surface area contributed by atoms with Crippen LogP contribution in [0.1, 0.15) is 29.5 Å². The van der Waals surface area contributed by atoms with Crippen LogP contribution in [0.15, 0.2) is 89.9 Å². The molecule has 4 rings (SSSR count). The standard InChI is InChI=1S/C27H29N3O3/c31-25(32)18-28-26(21-12-5-2-6-13-21)22-14-7-8-15-23(22)29-27(33)24-16-9-17-30(24)19-20-10-3-1-4-11-20/h1-8,10-15,24-25,31-32H,9,16-19H2,(H,29,33)/t24-/m1/s1. The highest BCUT2D eigenvalue weighted by atomic mass is 16.5. The number of hydrogen-bond acceptors (Lipinski definition) is 5. The van der Waals surface area contributed by atoms with E-state index in [-0.39, 0.29) is 18.5 Å². The highest BCUT2D eigenvalue weighted by molar-refractivity contribution is 6.17. The Kier molecular flexibility index (Phi) is 7.62. The van der Waals surface area contributed by atoms with E-state index in [4.69, 9.17) is 0 Å². The number of aliphatic hydroxyl groups is 2. The summed E-state index contributed by atoms with van der Waals surface area (Å²) in [4.78, 5) is 20.0. The fourth-order valence-electron chi connectivity index (χ4n) is 4.25. The first-order chi connectivity index (χ1) is 16.1. The van der Waals surface area contributed by atoms with E-state index in [2.05, 4.69) is 27.3 Å². The second-order valence-electron chi connectivity index (χ2n) is 8.18. The molecule has 1 heterocycles. The SMILES string of the molecule is O=C(Nc1ccccc1C(=NCC(O)O)c1ccccc1)[C@H]1CCCN1Cc1ccccc1. The van der Waals surface area contributed by atoms with Gasteiger partial charge in [0.2, 0.25) is 5.91 Å². The summed E-state index contributed by atoms with van der Waals surface area (Å²) in [6, 6.07) is 27.1. The molecule has 6 nitrogen and oxygen atoms in total. The molecular formula is C27H29N3O3. The van der Waals surface area contributed by atoms with Crippen LogP contribution in [0.4, 0.5) is 5.69 Å². The van der Waals surface area contributed by atoms with Crippen molar-refractivity contribution in [1.82, 2.24) is 4.90 Å². The summed E-state index contributed by atoms with van der Waals surface area (Å²) >= 11 is 0. The Balaban J connectivity index is 1.57. The Morgan fingerprint density at radius 3 is 2.36 bits per heavy atom. The van der Waals surface area contributed by atoms with E-state index >= 15 is 0 Å². The highest BCUT2D eigenvalue weighted by Gasteiger charge is 2.31. The van der Waals surface area contributed by atoms with Crippen LogP contribution in [0, 0.1) is 0 Å². The number of anilines is 1. The van der Waals surface area contributed by atoms with Crippen molar-refractivity contribution in [2.45, 2.75) is 31.7 Å². The van der Waals surface area contributed by atoms with Crippen LogP contribution in [-0.2, 0) is 11.3 Å². The molecule has 0 aliphatic carbocycles. The lowest BCUT2D eigenvalue weighted by molar-refractivity contribution is -0.120. The van der Waals surface area contributed by atoms with Gasteiger partial charge >= 0.3 is 0 Å². The van der Waals surface area contributed by atoms with Gasteiger partial charge in [-0.1, -0.05) is 78.9 Å². The summed E-state index contributed by atoms with van der Waals surface area (Å²) in [6.07, 6.45) is 0.255. The minimum Gasteiger partial charge on any atom is -0.367 e. The lowest BCUT2D eigenvalue weighted by Gasteiger charge is -2.24. The van der Waals surface area contributed by atoms with Gasteiger partial charge < -0.3 is 15.5 Å². The maximum Gasteiger partial charge on any atom is 0.241 e. The third-order valence-electron chi connectivity index (χ3n) is 5.79. The van der Waals surface area contributed by atoms with Gasteiger partial charge in [-0.25, -0.2) is 0 Å². The number of nitrogens with one attached hydrogen (secondary N) is 1. The van der Waals surface area contributed by atoms with Crippen molar-refractivity contribution < 1.29 is 15.0 Å². The topological polar surface area (TPSA) is 85.2 Å². The number of carbonyl (C=O) groups is 1. The molecule has 170 valence electrons. The van der Waals surface area contributed by atoms with Crippen molar-refractivity contribution in [2.75, 3.05) is 18.4 Å². The average molecular weight is 444 g/mol. The highest BCUT2D eigenvalue weighted by Crippen LogP contribution is 2.24. The Hall–Kier alpha value is -3.32. The molecule has 0 bridgehead atoms. The fraction of sp³-hybridized carbons (Fsp3) is 0.259. The molecule has 3 aromatic rings. The summed E-state index contributed by atoms with van der Waals surface area (Å²) in [6.45, 7) is 1.48. The van der Waals surface area contributed by atoms with E-state index < -0.39 is 6.29 Å². The molecule has 0 saturated carbocycles. The number of amides is 1. The van der Waals surface area contributed by atoms with Crippen molar-refractivity contribution in [1.29, 1.82) is 0 Å². The van der Waals surface area contributed by atoms with Gasteiger partial charge in [0.1, 0.15) is 0 Å². The summed E-state index contributed by atoms with van der Waals surface area (Å²) in [5.74, 6) is -0.0366. The van der Waals surface area contributed by atoms with E-state index in [9.17, 15) is 15.0 Å². The fourth-order valence-corrected chi connectivity index (χ4v) is 4.25. The van der Waals surface area contributed by atoms with Gasteiger partial charge in [0, 0.05) is 17.7 Å². The number of aliphatic imine (C=N–C) groups is 1. The monoisotopic (exact) mass is 443 g/mol. The molecule has 1 atom stereocenters. The van der Waals surface area contributed by atoms with E-state index in [0.29, 0.717) is 11.4 Å². The van der Waals surface area contributed by atoms with E-state index in [1.165, 1.54) is 5.56 Å². The Bertz CT molecular complexity index is 1080. The van der Waals surface area contributed by atoms with Crippen molar-refractivity contribution in [3.05, 3.63) is 102 Å². The molecule has 0 aromatic heterocycles. The van der Waals surface area contributed by atoms with Crippen molar-refractivity contribution >= 4 is 17.3 Å². The van der Waals surface area contributed by atoms with Crippen molar-refractivity contribution in [3.8, 4) is 0 Å². The molecule has 0 spiro atoms. The molecule has 3 N–H and O–H groups in total. The molecular weight excluding hydrogens is 414 g/mol. The number of rotatable bonds is 8. The van der Waals surface area contributed by atoms with Crippen LogP contribution >= 0.6 is 0 Å². The molecule has 33 heavy (non-hydrogen) atoms. The molecule has 6 heteroatoms. The largest absolute Gasteiger partial charge is 0.367 e. The smallest absolute Gasteiger partial charge is 0.241 e. The van der Waals surface area contributed by atoms with Crippen LogP contribution in [-0.4, -0.2) is 52.2 Å². The van der Waals surface area contributed by atoms with Crippen LogP contribution in [0.5, 0.6) is 0 Å². The third-order valence-corrected chi connectivity index (χ3v) is 5.79. The predicted molar refractivity (Wildman–Crippen MR) is 130 cm³/mol. The van der Waals surface area contributed by atoms with Gasteiger partial charge in [-0.15, -0.1) is 0 Å². The predicted octanol–water partition coefficient (Wildman–Crippen LogP) is 3.44. The molecule has 0 radical (unpaired) electrons. The molecule has 1 fully saturated rings. The number of carbonyl (C=O) groups excluding carboxylic acids is 1. The second kappa shape index (κ2) is 11.0. The average Bonchev–Trinajstić information content (AvgIpc) is 3.29. The Morgan fingerprint density at radius 2 is 1.64 bits per heavy atom. The van der Waals surface area contributed by atoms with Crippen LogP contribution in [0.25, 0.3) is 0 Å². The molecule has 1 saturated heterocycles. The summed E-state index contributed by atoms with van der Waals surface area (Å²) in [5, 5.41) is 21.9. The van der Waals surface area contributed by atoms with E-state index in [1.54, 1.807) is 0 Å². The number of likely N-dealkylation sites (tertiary alicyclic amines) is 1. The molecule has 1 aliphatic heterocycles. The zero-order valence-corrected chi connectivity index (χ0v) is 18.5. The molecule has 1 amide bonds. The maximum absolute atomic E-state index is 13.3. The second-order valence-corrected chi connectivity index (χ2v) is 8.18. The molecule has 1 aliphatic rings. The van der Waals surface area contributed by atoms with Gasteiger partial charge in [0.25, 0.3) is 0 Å². The lowest BCUT2D eigenvalue weighted by atomic mass is 10.00. The summed E-state index contributed by atoms with van der Waals surface area (Å²) < 4.78 is 0. The van der Waals surface area contributed by atoms with E-state index in [0.717, 1.165) is 37.1 Å². The Morgan fingerprint density at radius 1 is 0.970 bits per heavy atom. The number of para-hydroxylation sites is 1. The summed E-state index contributed by atoms with van der Waals surface area (Å²) in [5.41, 5.74) is 4.03. The van der Waals surface area contributed by atoms with Gasteiger partial charge in [-0.2, -0.15) is 0 Å². The van der Waals surface area contributed by atoms with E-state index in [1.807, 2.05) is 72.8 Å². The Labute approximate surface area is 194 Å². The van der Waals surface area contributed by atoms with Crippen LogP contribution < -0.4 is 5.32 Å². The molecule has 0 unspecified atom stereocenters. The number of hydrogen-bond donors (Lipinski definition) is 3. The van der Waals surface area contributed by atoms with Gasteiger partial charge in [0.05, 0.1) is 24.0 Å². The van der Waals surface area contributed by atoms with Gasteiger partial charge in [0.15, 0.2) is 6.29 Å². The molecule has 3 aromatic carbocycles. The lowest BCUT2D eigenvalue weighted by Crippen LogP contribution is -2.39. The van der Waals surface area contributed by atoms with Crippen LogP contribution in [0.2, 0.25) is 0 Å². The normalized spacial score (nSPS) is 16.8.